The van der Waals surface area contributed by atoms with Gasteiger partial charge in [0.05, 0.1) is 0 Å². The van der Waals surface area contributed by atoms with Crippen LogP contribution in [0.2, 0.25) is 0 Å². The first-order valence-electron chi connectivity index (χ1n) is 7.74. The molecule has 7 nitrogen and oxygen atoms in total. The van der Waals surface area contributed by atoms with Gasteiger partial charge in [0.25, 0.3) is 5.91 Å². The molecular weight excluding hydrogens is 326 g/mol. The topological polar surface area (TPSA) is 95.0 Å². The van der Waals surface area contributed by atoms with Crippen molar-refractivity contribution >= 4 is 33.6 Å². The first-order chi connectivity index (χ1) is 11.7. The molecule has 24 heavy (non-hydrogen) atoms. The maximum atomic E-state index is 12.2. The number of rotatable bonds is 4. The van der Waals surface area contributed by atoms with Crippen molar-refractivity contribution in [2.75, 3.05) is 23.3 Å². The van der Waals surface area contributed by atoms with E-state index in [0.29, 0.717) is 16.7 Å². The van der Waals surface area contributed by atoms with Gasteiger partial charge in [-0.05, 0) is 38.3 Å². The lowest BCUT2D eigenvalue weighted by Gasteiger charge is -2.25. The molecule has 1 fully saturated rings. The van der Waals surface area contributed by atoms with E-state index in [2.05, 4.69) is 20.4 Å². The minimum Gasteiger partial charge on any atom is -0.462 e. The lowest BCUT2D eigenvalue weighted by Crippen LogP contribution is -2.29. The van der Waals surface area contributed by atoms with E-state index in [9.17, 15) is 10.1 Å². The van der Waals surface area contributed by atoms with Gasteiger partial charge in [0.15, 0.2) is 0 Å². The maximum absolute atomic E-state index is 12.2. The van der Waals surface area contributed by atoms with Crippen LogP contribution >= 0.6 is 11.3 Å². The van der Waals surface area contributed by atoms with Gasteiger partial charge in [0.2, 0.25) is 10.3 Å². The third-order valence-corrected chi connectivity index (χ3v) is 4.57. The number of hydrogen-bond donors (Lipinski definition) is 1. The first kappa shape index (κ1) is 16.2. The van der Waals surface area contributed by atoms with Crippen LogP contribution in [0, 0.1) is 18.3 Å². The average molecular weight is 343 g/mol. The summed E-state index contributed by atoms with van der Waals surface area (Å²) >= 11 is 1.32. The molecule has 3 heterocycles. The van der Waals surface area contributed by atoms with E-state index in [1.54, 1.807) is 19.1 Å². The highest BCUT2D eigenvalue weighted by Crippen LogP contribution is 2.26. The normalized spacial score (nSPS) is 15.2. The Morgan fingerprint density at radius 2 is 2.17 bits per heavy atom. The second-order valence-electron chi connectivity index (χ2n) is 5.51. The van der Waals surface area contributed by atoms with E-state index < -0.39 is 5.91 Å². The third-order valence-electron chi connectivity index (χ3n) is 3.67. The monoisotopic (exact) mass is 343 g/mol. The van der Waals surface area contributed by atoms with Crippen molar-refractivity contribution in [1.29, 1.82) is 5.26 Å². The Morgan fingerprint density at radius 1 is 1.38 bits per heavy atom. The van der Waals surface area contributed by atoms with Crippen LogP contribution in [-0.4, -0.2) is 29.2 Å². The lowest BCUT2D eigenvalue weighted by atomic mass is 10.1. The minimum absolute atomic E-state index is 0.0425. The summed E-state index contributed by atoms with van der Waals surface area (Å²) in [7, 11) is 0. The van der Waals surface area contributed by atoms with Crippen molar-refractivity contribution in [2.45, 2.75) is 26.2 Å². The number of aryl methyl sites for hydroxylation is 1. The number of hydrogen-bond acceptors (Lipinski definition) is 7. The van der Waals surface area contributed by atoms with Crippen molar-refractivity contribution in [3.05, 3.63) is 29.2 Å². The number of amides is 1. The predicted octanol–water partition coefficient (Wildman–Crippen LogP) is 2.98. The van der Waals surface area contributed by atoms with Gasteiger partial charge in [-0.2, -0.15) is 5.26 Å². The molecule has 2 aromatic rings. The summed E-state index contributed by atoms with van der Waals surface area (Å²) in [4.78, 5) is 14.4. The number of anilines is 2. The number of aromatic nitrogens is 2. The molecule has 1 amide bonds. The number of nitrogens with one attached hydrogen (secondary N) is 1. The Kier molecular flexibility index (Phi) is 4.91. The van der Waals surface area contributed by atoms with Crippen LogP contribution in [-0.2, 0) is 4.79 Å². The van der Waals surface area contributed by atoms with Crippen LogP contribution in [0.15, 0.2) is 22.1 Å². The van der Waals surface area contributed by atoms with E-state index in [0.717, 1.165) is 31.1 Å². The van der Waals surface area contributed by atoms with Crippen molar-refractivity contribution in [3.63, 3.8) is 0 Å². The zero-order valence-electron chi connectivity index (χ0n) is 13.3. The van der Waals surface area contributed by atoms with Gasteiger partial charge in [-0.15, -0.1) is 10.2 Å². The molecule has 0 unspecified atom stereocenters. The Balaban J connectivity index is 1.68. The number of carbonyl (C=O) groups is 1. The molecule has 1 saturated heterocycles. The minimum atomic E-state index is -0.520. The Labute approximate surface area is 143 Å². The van der Waals surface area contributed by atoms with Gasteiger partial charge in [-0.25, -0.2) is 0 Å². The van der Waals surface area contributed by atoms with Gasteiger partial charge in [0, 0.05) is 19.2 Å². The summed E-state index contributed by atoms with van der Waals surface area (Å²) in [5.74, 6) is 0.660. The fourth-order valence-corrected chi connectivity index (χ4v) is 3.26. The quantitative estimate of drug-likeness (QED) is 0.677. The number of piperidine rings is 1. The molecule has 0 aromatic carbocycles. The fraction of sp³-hybridized carbons (Fsp3) is 0.375. The molecule has 0 bridgehead atoms. The number of furan rings is 1. The average Bonchev–Trinajstić information content (AvgIpc) is 3.22. The number of carbonyl (C=O) groups excluding carboxylic acids is 1. The molecule has 1 aliphatic rings. The van der Waals surface area contributed by atoms with Crippen LogP contribution in [0.1, 0.15) is 30.8 Å². The van der Waals surface area contributed by atoms with Crippen LogP contribution in [0.5, 0.6) is 0 Å². The van der Waals surface area contributed by atoms with E-state index >= 15 is 0 Å². The highest BCUT2D eigenvalue weighted by atomic mass is 32.1. The summed E-state index contributed by atoms with van der Waals surface area (Å²) in [5, 5.41) is 21.1. The van der Waals surface area contributed by atoms with E-state index in [4.69, 9.17) is 4.42 Å². The third kappa shape index (κ3) is 3.81. The van der Waals surface area contributed by atoms with E-state index in [-0.39, 0.29) is 5.57 Å². The molecule has 0 aliphatic carbocycles. The molecule has 0 spiro atoms. The molecule has 1 N–H and O–H groups in total. The molecule has 8 heteroatoms. The second-order valence-corrected chi connectivity index (χ2v) is 6.47. The summed E-state index contributed by atoms with van der Waals surface area (Å²) in [6, 6.07) is 5.36. The molecular formula is C16H17N5O2S. The van der Waals surface area contributed by atoms with Crippen LogP contribution in [0.4, 0.5) is 10.3 Å². The summed E-state index contributed by atoms with van der Waals surface area (Å²) in [6.07, 6.45) is 4.94. The Hall–Kier alpha value is -2.66. The zero-order chi connectivity index (χ0) is 16.9. The second kappa shape index (κ2) is 7.27. The molecule has 0 saturated carbocycles. The number of nitrogens with zero attached hydrogens (tertiary/aromatic N) is 4. The molecule has 2 aromatic heterocycles. The van der Waals surface area contributed by atoms with E-state index in [1.165, 1.54) is 23.8 Å². The Morgan fingerprint density at radius 3 is 2.83 bits per heavy atom. The van der Waals surface area contributed by atoms with Crippen molar-refractivity contribution in [2.24, 2.45) is 0 Å². The van der Waals surface area contributed by atoms with Gasteiger partial charge < -0.3 is 9.32 Å². The molecule has 3 rings (SSSR count). The standard InChI is InChI=1S/C16H17N5O2S/c1-11-5-6-13(23-11)9-12(10-17)14(22)18-15-19-20-16(24-15)21-7-3-2-4-8-21/h5-6,9H,2-4,7-8H2,1H3,(H,18,19,22)/b12-9-. The van der Waals surface area contributed by atoms with E-state index in [1.807, 2.05) is 6.07 Å². The predicted molar refractivity (Wildman–Crippen MR) is 91.6 cm³/mol. The van der Waals surface area contributed by atoms with Gasteiger partial charge >= 0.3 is 0 Å². The summed E-state index contributed by atoms with van der Waals surface area (Å²) in [6.45, 7) is 3.72. The maximum Gasteiger partial charge on any atom is 0.268 e. The largest absolute Gasteiger partial charge is 0.462 e. The Bertz CT molecular complexity index is 795. The van der Waals surface area contributed by atoms with Crippen LogP contribution < -0.4 is 10.2 Å². The first-order valence-corrected chi connectivity index (χ1v) is 8.55. The SMILES string of the molecule is Cc1ccc(/C=C(/C#N)C(=O)Nc2nnc(N3CCCCC3)s2)o1. The fourth-order valence-electron chi connectivity index (χ4n) is 2.47. The van der Waals surface area contributed by atoms with Gasteiger partial charge in [-0.3, -0.25) is 10.1 Å². The zero-order valence-corrected chi connectivity index (χ0v) is 14.1. The highest BCUT2D eigenvalue weighted by molar-refractivity contribution is 7.19. The summed E-state index contributed by atoms with van der Waals surface area (Å²) in [5.41, 5.74) is -0.0425. The van der Waals surface area contributed by atoms with Crippen LogP contribution in [0.25, 0.3) is 6.08 Å². The van der Waals surface area contributed by atoms with Crippen LogP contribution in [0.3, 0.4) is 0 Å². The lowest BCUT2D eigenvalue weighted by molar-refractivity contribution is -0.112. The van der Waals surface area contributed by atoms with Gasteiger partial charge in [-0.1, -0.05) is 11.3 Å². The molecule has 124 valence electrons. The number of nitriles is 1. The molecule has 0 atom stereocenters. The molecule has 0 radical (unpaired) electrons. The molecule has 1 aliphatic heterocycles. The van der Waals surface area contributed by atoms with Crippen molar-refractivity contribution in [3.8, 4) is 6.07 Å². The summed E-state index contributed by atoms with van der Waals surface area (Å²) < 4.78 is 5.36. The highest BCUT2D eigenvalue weighted by Gasteiger charge is 2.18. The van der Waals surface area contributed by atoms with Crippen molar-refractivity contribution in [1.82, 2.24) is 10.2 Å². The smallest absolute Gasteiger partial charge is 0.268 e. The van der Waals surface area contributed by atoms with Gasteiger partial charge in [0.1, 0.15) is 23.2 Å². The van der Waals surface area contributed by atoms with Crippen molar-refractivity contribution < 1.29 is 9.21 Å².